The van der Waals surface area contributed by atoms with Gasteiger partial charge in [0.05, 0.1) is 11.1 Å². The van der Waals surface area contributed by atoms with E-state index in [0.29, 0.717) is 17.3 Å². The molecule has 0 fully saturated rings. The van der Waals surface area contributed by atoms with Gasteiger partial charge in [0.2, 0.25) is 0 Å². The van der Waals surface area contributed by atoms with E-state index in [0.717, 1.165) is 16.8 Å². The van der Waals surface area contributed by atoms with Crippen LogP contribution in [0.5, 0.6) is 0 Å². The Morgan fingerprint density at radius 2 is 2.11 bits per heavy atom. The van der Waals surface area contributed by atoms with E-state index in [1.165, 1.54) is 6.33 Å². The number of H-pyrrole nitrogens is 1. The highest BCUT2D eigenvalue weighted by Crippen LogP contribution is 2.28. The van der Waals surface area contributed by atoms with E-state index < -0.39 is 0 Å². The monoisotopic (exact) mass is 257 g/mol. The molecule has 7 heteroatoms. The molecule has 3 aromatic rings. The van der Waals surface area contributed by atoms with Crippen molar-refractivity contribution in [3.63, 3.8) is 0 Å². The van der Waals surface area contributed by atoms with Gasteiger partial charge in [-0.1, -0.05) is 13.8 Å². The van der Waals surface area contributed by atoms with E-state index in [1.54, 1.807) is 4.68 Å². The second kappa shape index (κ2) is 4.04. The van der Waals surface area contributed by atoms with Crippen LogP contribution >= 0.6 is 0 Å². The summed E-state index contributed by atoms with van der Waals surface area (Å²) < 4.78 is 1.70. The van der Waals surface area contributed by atoms with Crippen LogP contribution in [0.25, 0.3) is 16.9 Å². The molecule has 0 radical (unpaired) electrons. The van der Waals surface area contributed by atoms with Crippen molar-refractivity contribution in [2.75, 3.05) is 5.73 Å². The van der Waals surface area contributed by atoms with Gasteiger partial charge in [-0.2, -0.15) is 14.9 Å². The quantitative estimate of drug-likeness (QED) is 0.725. The lowest BCUT2D eigenvalue weighted by atomic mass is 10.1. The first kappa shape index (κ1) is 11.6. The summed E-state index contributed by atoms with van der Waals surface area (Å²) in [5.41, 5.74) is 8.42. The third-order valence-electron chi connectivity index (χ3n) is 2.99. The van der Waals surface area contributed by atoms with Crippen LogP contribution in [0.15, 0.2) is 12.4 Å². The molecule has 0 amide bonds. The predicted molar refractivity (Wildman–Crippen MR) is 72.0 cm³/mol. The summed E-state index contributed by atoms with van der Waals surface area (Å²) in [5.74, 6) is 1.48. The SMILES string of the molecule is Cc1cc(-n2nc(C(C)C)c3c(N)[nH]nc32)ncn1. The molecule has 3 rings (SSSR count). The summed E-state index contributed by atoms with van der Waals surface area (Å²) in [6.07, 6.45) is 1.52. The highest BCUT2D eigenvalue weighted by molar-refractivity contribution is 5.90. The minimum absolute atomic E-state index is 0.256. The molecule has 0 bridgehead atoms. The Labute approximate surface area is 109 Å². The highest BCUT2D eigenvalue weighted by atomic mass is 15.4. The number of hydrogen-bond acceptors (Lipinski definition) is 5. The van der Waals surface area contributed by atoms with E-state index in [2.05, 4.69) is 39.1 Å². The number of anilines is 1. The predicted octanol–water partition coefficient (Wildman–Crippen LogP) is 1.55. The molecule has 0 aliphatic heterocycles. The van der Waals surface area contributed by atoms with Crippen molar-refractivity contribution in [2.45, 2.75) is 26.7 Å². The van der Waals surface area contributed by atoms with Crippen LogP contribution in [-0.4, -0.2) is 29.9 Å². The summed E-state index contributed by atoms with van der Waals surface area (Å²) in [6, 6.07) is 1.86. The Bertz CT molecular complexity index is 738. The smallest absolute Gasteiger partial charge is 0.188 e. The highest BCUT2D eigenvalue weighted by Gasteiger charge is 2.20. The van der Waals surface area contributed by atoms with Crippen molar-refractivity contribution < 1.29 is 0 Å². The molecule has 19 heavy (non-hydrogen) atoms. The average Bonchev–Trinajstić information content (AvgIpc) is 2.90. The van der Waals surface area contributed by atoms with Gasteiger partial charge in [0.25, 0.3) is 0 Å². The molecule has 0 saturated carbocycles. The third kappa shape index (κ3) is 1.74. The Balaban J connectivity index is 2.30. The van der Waals surface area contributed by atoms with Gasteiger partial charge in [0.1, 0.15) is 12.1 Å². The standard InChI is InChI=1S/C12H15N7/c1-6(2)10-9-11(13)16-17-12(9)19(18-10)8-4-7(3)14-5-15-8/h4-6H,1-3H3,(H3,13,16,17). The third-order valence-corrected chi connectivity index (χ3v) is 2.99. The van der Waals surface area contributed by atoms with Gasteiger partial charge in [0.15, 0.2) is 11.5 Å². The van der Waals surface area contributed by atoms with Gasteiger partial charge >= 0.3 is 0 Å². The molecule has 0 aliphatic rings. The first-order chi connectivity index (χ1) is 9.08. The Kier molecular flexibility index (Phi) is 2.48. The van der Waals surface area contributed by atoms with Crippen LogP contribution in [0.2, 0.25) is 0 Å². The molecule has 7 nitrogen and oxygen atoms in total. The largest absolute Gasteiger partial charge is 0.383 e. The Morgan fingerprint density at radius 1 is 1.32 bits per heavy atom. The van der Waals surface area contributed by atoms with Crippen molar-refractivity contribution >= 4 is 16.9 Å². The van der Waals surface area contributed by atoms with Crippen LogP contribution in [0.4, 0.5) is 5.82 Å². The van der Waals surface area contributed by atoms with Gasteiger partial charge in [0, 0.05) is 11.8 Å². The number of fused-ring (bicyclic) bond motifs is 1. The number of aromatic amines is 1. The van der Waals surface area contributed by atoms with Gasteiger partial charge in [-0.05, 0) is 12.8 Å². The van der Waals surface area contributed by atoms with Crippen molar-refractivity contribution in [1.82, 2.24) is 29.9 Å². The second-order valence-corrected chi connectivity index (χ2v) is 4.81. The summed E-state index contributed by atoms with van der Waals surface area (Å²) in [4.78, 5) is 8.32. The van der Waals surface area contributed by atoms with Crippen LogP contribution in [0.3, 0.4) is 0 Å². The van der Waals surface area contributed by atoms with E-state index in [9.17, 15) is 0 Å². The van der Waals surface area contributed by atoms with Gasteiger partial charge in [-0.3, -0.25) is 5.10 Å². The van der Waals surface area contributed by atoms with Crippen LogP contribution < -0.4 is 5.73 Å². The molecule has 98 valence electrons. The van der Waals surface area contributed by atoms with Gasteiger partial charge in [-0.25, -0.2) is 9.97 Å². The van der Waals surface area contributed by atoms with E-state index in [4.69, 9.17) is 5.73 Å². The molecule has 0 saturated heterocycles. The van der Waals surface area contributed by atoms with E-state index in [-0.39, 0.29) is 5.92 Å². The molecular formula is C12H15N7. The first-order valence-electron chi connectivity index (χ1n) is 6.09. The number of aryl methyl sites for hydroxylation is 1. The molecule has 3 aromatic heterocycles. The number of nitrogen functional groups attached to an aromatic ring is 1. The fraction of sp³-hybridized carbons (Fsp3) is 0.333. The zero-order valence-electron chi connectivity index (χ0n) is 11.0. The van der Waals surface area contributed by atoms with Crippen molar-refractivity contribution in [1.29, 1.82) is 0 Å². The van der Waals surface area contributed by atoms with Crippen molar-refractivity contribution in [3.8, 4) is 5.82 Å². The molecule has 0 unspecified atom stereocenters. The minimum Gasteiger partial charge on any atom is -0.383 e. The Hall–Kier alpha value is -2.44. The topological polar surface area (TPSA) is 98.3 Å². The van der Waals surface area contributed by atoms with Gasteiger partial charge in [-0.15, -0.1) is 0 Å². The summed E-state index contributed by atoms with van der Waals surface area (Å²) in [7, 11) is 0. The normalized spacial score (nSPS) is 11.6. The fourth-order valence-corrected chi connectivity index (χ4v) is 2.08. The number of hydrogen-bond donors (Lipinski definition) is 2. The molecule has 0 aromatic carbocycles. The maximum atomic E-state index is 5.93. The molecule has 0 atom stereocenters. The van der Waals surface area contributed by atoms with Crippen LogP contribution in [0, 0.1) is 6.92 Å². The maximum Gasteiger partial charge on any atom is 0.188 e. The van der Waals surface area contributed by atoms with Gasteiger partial charge < -0.3 is 5.73 Å². The fourth-order valence-electron chi connectivity index (χ4n) is 2.08. The second-order valence-electron chi connectivity index (χ2n) is 4.81. The molecule has 3 heterocycles. The zero-order valence-corrected chi connectivity index (χ0v) is 11.0. The molecular weight excluding hydrogens is 242 g/mol. The number of rotatable bonds is 2. The summed E-state index contributed by atoms with van der Waals surface area (Å²) in [6.45, 7) is 6.06. The lowest BCUT2D eigenvalue weighted by molar-refractivity contribution is 0.758. The lowest BCUT2D eigenvalue weighted by Gasteiger charge is -2.02. The zero-order chi connectivity index (χ0) is 13.6. The average molecular weight is 257 g/mol. The number of nitrogens with two attached hydrogens (primary N) is 1. The first-order valence-corrected chi connectivity index (χ1v) is 6.09. The number of nitrogens with zero attached hydrogens (tertiary/aromatic N) is 5. The molecule has 0 spiro atoms. The Morgan fingerprint density at radius 3 is 2.79 bits per heavy atom. The lowest BCUT2D eigenvalue weighted by Crippen LogP contribution is -2.03. The minimum atomic E-state index is 0.256. The molecule has 0 aliphatic carbocycles. The van der Waals surface area contributed by atoms with Crippen molar-refractivity contribution in [3.05, 3.63) is 23.8 Å². The molecule has 3 N–H and O–H groups in total. The van der Waals surface area contributed by atoms with Crippen LogP contribution in [0.1, 0.15) is 31.2 Å². The number of nitrogens with one attached hydrogen (secondary N) is 1. The summed E-state index contributed by atoms with van der Waals surface area (Å²) in [5, 5.41) is 12.5. The maximum absolute atomic E-state index is 5.93. The van der Waals surface area contributed by atoms with Crippen LogP contribution in [-0.2, 0) is 0 Å². The van der Waals surface area contributed by atoms with Crippen molar-refractivity contribution in [2.24, 2.45) is 0 Å². The summed E-state index contributed by atoms with van der Waals surface area (Å²) >= 11 is 0. The number of aromatic nitrogens is 6. The van der Waals surface area contributed by atoms with E-state index in [1.807, 2.05) is 13.0 Å². The van der Waals surface area contributed by atoms with E-state index >= 15 is 0 Å².